The van der Waals surface area contributed by atoms with Gasteiger partial charge in [0.25, 0.3) is 15.9 Å². The second-order valence-electron chi connectivity index (χ2n) is 7.50. The summed E-state index contributed by atoms with van der Waals surface area (Å²) in [7, 11) is -4.04. The molecular formula is C24H23FN2O5S. The molecule has 0 spiro atoms. The first kappa shape index (κ1) is 23.9. The van der Waals surface area contributed by atoms with Crippen molar-refractivity contribution in [2.24, 2.45) is 0 Å². The molecule has 9 heteroatoms. The zero-order valence-electron chi connectivity index (χ0n) is 18.3. The van der Waals surface area contributed by atoms with Gasteiger partial charge in [-0.05, 0) is 74.9 Å². The van der Waals surface area contributed by atoms with Crippen LogP contribution in [0.15, 0.2) is 71.6 Å². The van der Waals surface area contributed by atoms with Crippen molar-refractivity contribution in [3.63, 3.8) is 0 Å². The highest BCUT2D eigenvalue weighted by Gasteiger charge is 2.22. The number of aryl methyl sites for hydroxylation is 2. The summed E-state index contributed by atoms with van der Waals surface area (Å²) < 4.78 is 45.8. The molecule has 3 aromatic rings. The predicted octanol–water partition coefficient (Wildman–Crippen LogP) is 4.43. The van der Waals surface area contributed by atoms with E-state index in [1.54, 1.807) is 6.07 Å². The monoisotopic (exact) mass is 470 g/mol. The summed E-state index contributed by atoms with van der Waals surface area (Å²) in [6.07, 6.45) is -1.11. The van der Waals surface area contributed by atoms with Crippen LogP contribution in [0.3, 0.4) is 0 Å². The molecule has 0 saturated carbocycles. The van der Waals surface area contributed by atoms with Gasteiger partial charge in [-0.2, -0.15) is 0 Å². The van der Waals surface area contributed by atoms with E-state index < -0.39 is 33.8 Å². The van der Waals surface area contributed by atoms with Crippen LogP contribution in [0.5, 0.6) is 0 Å². The fourth-order valence-corrected chi connectivity index (χ4v) is 4.10. The Morgan fingerprint density at radius 3 is 2.33 bits per heavy atom. The highest BCUT2D eigenvalue weighted by molar-refractivity contribution is 7.92. The normalized spacial score (nSPS) is 12.0. The summed E-state index contributed by atoms with van der Waals surface area (Å²) in [5.74, 6) is -1.87. The molecular weight excluding hydrogens is 447 g/mol. The number of esters is 1. The highest BCUT2D eigenvalue weighted by atomic mass is 32.2. The molecule has 1 unspecified atom stereocenters. The Hall–Kier alpha value is -3.72. The number of hydrogen-bond donors (Lipinski definition) is 2. The lowest BCUT2D eigenvalue weighted by Crippen LogP contribution is -2.30. The maximum Gasteiger partial charge on any atom is 0.338 e. The minimum absolute atomic E-state index is 0.0388. The van der Waals surface area contributed by atoms with Crippen LogP contribution < -0.4 is 10.0 Å². The van der Waals surface area contributed by atoms with Crippen LogP contribution in [0.2, 0.25) is 0 Å². The Balaban J connectivity index is 1.69. The van der Waals surface area contributed by atoms with Crippen molar-refractivity contribution in [3.8, 4) is 0 Å². The molecule has 7 nitrogen and oxygen atoms in total. The molecule has 0 fully saturated rings. The van der Waals surface area contributed by atoms with Gasteiger partial charge in [0.2, 0.25) is 0 Å². The van der Waals surface area contributed by atoms with Gasteiger partial charge in [-0.1, -0.05) is 23.8 Å². The number of anilines is 2. The first-order valence-corrected chi connectivity index (χ1v) is 11.5. The molecule has 0 aliphatic carbocycles. The number of nitrogens with one attached hydrogen (secondary N) is 2. The lowest BCUT2D eigenvalue weighted by atomic mass is 10.1. The minimum Gasteiger partial charge on any atom is -0.449 e. The van der Waals surface area contributed by atoms with Crippen molar-refractivity contribution >= 4 is 33.3 Å². The molecule has 2 N–H and O–H groups in total. The molecule has 1 atom stereocenters. The number of sulfonamides is 1. The zero-order valence-corrected chi connectivity index (χ0v) is 19.1. The van der Waals surface area contributed by atoms with Gasteiger partial charge in [0.15, 0.2) is 6.10 Å². The molecule has 0 aliphatic rings. The molecule has 1 amide bonds. The molecule has 172 valence electrons. The summed E-state index contributed by atoms with van der Waals surface area (Å²) in [5, 5.41) is 2.71. The number of amides is 1. The van der Waals surface area contributed by atoms with Crippen molar-refractivity contribution in [2.75, 3.05) is 10.0 Å². The van der Waals surface area contributed by atoms with Crippen LogP contribution in [0, 0.1) is 19.7 Å². The topological polar surface area (TPSA) is 102 Å². The number of carbonyl (C=O) groups is 2. The van der Waals surface area contributed by atoms with E-state index in [0.29, 0.717) is 5.69 Å². The average Bonchev–Trinajstić information content (AvgIpc) is 2.77. The Morgan fingerprint density at radius 2 is 1.67 bits per heavy atom. The van der Waals surface area contributed by atoms with E-state index in [4.69, 9.17) is 4.74 Å². The van der Waals surface area contributed by atoms with Crippen LogP contribution >= 0.6 is 0 Å². The van der Waals surface area contributed by atoms with Gasteiger partial charge in [-0.25, -0.2) is 17.6 Å². The predicted molar refractivity (Wildman–Crippen MR) is 123 cm³/mol. The molecule has 0 aromatic heterocycles. The first-order chi connectivity index (χ1) is 15.5. The Bertz CT molecular complexity index is 1290. The maximum atomic E-state index is 13.0. The third-order valence-corrected chi connectivity index (χ3v) is 6.15. The van der Waals surface area contributed by atoms with Gasteiger partial charge < -0.3 is 10.1 Å². The highest BCUT2D eigenvalue weighted by Crippen LogP contribution is 2.19. The van der Waals surface area contributed by atoms with Crippen molar-refractivity contribution in [1.29, 1.82) is 0 Å². The van der Waals surface area contributed by atoms with Crippen molar-refractivity contribution in [2.45, 2.75) is 31.8 Å². The van der Waals surface area contributed by atoms with E-state index in [-0.39, 0.29) is 16.1 Å². The molecule has 0 radical (unpaired) electrons. The Kier molecular flexibility index (Phi) is 7.13. The molecule has 0 saturated heterocycles. The van der Waals surface area contributed by atoms with Gasteiger partial charge in [0.05, 0.1) is 10.5 Å². The molecule has 3 rings (SSSR count). The van der Waals surface area contributed by atoms with Gasteiger partial charge >= 0.3 is 5.97 Å². The van der Waals surface area contributed by atoms with Crippen LogP contribution in [0.25, 0.3) is 0 Å². The molecule has 33 heavy (non-hydrogen) atoms. The largest absolute Gasteiger partial charge is 0.449 e. The number of ether oxygens (including phenoxy) is 1. The van der Waals surface area contributed by atoms with Crippen LogP contribution in [0.1, 0.15) is 28.4 Å². The number of halogens is 1. The molecule has 0 heterocycles. The van der Waals surface area contributed by atoms with E-state index in [1.807, 2.05) is 26.0 Å². The van der Waals surface area contributed by atoms with Crippen molar-refractivity contribution in [3.05, 3.63) is 89.2 Å². The quantitative estimate of drug-likeness (QED) is 0.498. The third kappa shape index (κ3) is 6.17. The lowest BCUT2D eigenvalue weighted by molar-refractivity contribution is -0.123. The fraction of sp³-hybridized carbons (Fsp3) is 0.167. The summed E-state index contributed by atoms with van der Waals surface area (Å²) in [6, 6.07) is 15.5. The standard InChI is InChI=1S/C24H23FN2O5S/c1-15-7-12-22(16(2)13-15)26-23(28)17(3)32-24(29)18-5-4-6-21(14-18)33(30,31)27-20-10-8-19(25)9-11-20/h4-14,17,27H,1-3H3,(H,26,28). The number of benzene rings is 3. The van der Waals surface area contributed by atoms with Gasteiger partial charge in [0.1, 0.15) is 5.82 Å². The number of rotatable bonds is 7. The smallest absolute Gasteiger partial charge is 0.338 e. The maximum absolute atomic E-state index is 13.0. The average molecular weight is 471 g/mol. The molecule has 3 aromatic carbocycles. The number of carbonyl (C=O) groups excluding carboxylic acids is 2. The lowest BCUT2D eigenvalue weighted by Gasteiger charge is -2.15. The van der Waals surface area contributed by atoms with E-state index in [9.17, 15) is 22.4 Å². The summed E-state index contributed by atoms with van der Waals surface area (Å²) in [5.41, 5.74) is 2.65. The van der Waals surface area contributed by atoms with Crippen molar-refractivity contribution in [1.82, 2.24) is 0 Å². The summed E-state index contributed by atoms with van der Waals surface area (Å²) >= 11 is 0. The zero-order chi connectivity index (χ0) is 24.2. The van der Waals surface area contributed by atoms with E-state index >= 15 is 0 Å². The minimum atomic E-state index is -4.04. The van der Waals surface area contributed by atoms with Crippen LogP contribution in [0.4, 0.5) is 15.8 Å². The van der Waals surface area contributed by atoms with Gasteiger partial charge in [0, 0.05) is 11.4 Å². The van der Waals surface area contributed by atoms with Crippen LogP contribution in [-0.2, 0) is 19.6 Å². The third-order valence-electron chi connectivity index (χ3n) is 4.77. The molecule has 0 bridgehead atoms. The van der Waals surface area contributed by atoms with E-state index in [0.717, 1.165) is 29.3 Å². The van der Waals surface area contributed by atoms with E-state index in [1.165, 1.54) is 37.3 Å². The SMILES string of the molecule is Cc1ccc(NC(=O)C(C)OC(=O)c2cccc(S(=O)(=O)Nc3ccc(F)cc3)c2)c(C)c1. The Labute approximate surface area is 191 Å². The summed E-state index contributed by atoms with van der Waals surface area (Å²) in [6.45, 7) is 5.21. The Morgan fingerprint density at radius 1 is 0.970 bits per heavy atom. The fourth-order valence-electron chi connectivity index (χ4n) is 2.99. The number of hydrogen-bond acceptors (Lipinski definition) is 5. The second kappa shape index (κ2) is 9.83. The van der Waals surface area contributed by atoms with E-state index in [2.05, 4.69) is 10.0 Å². The van der Waals surface area contributed by atoms with Gasteiger partial charge in [-0.15, -0.1) is 0 Å². The molecule has 0 aliphatic heterocycles. The van der Waals surface area contributed by atoms with Gasteiger partial charge in [-0.3, -0.25) is 9.52 Å². The second-order valence-corrected chi connectivity index (χ2v) is 9.18. The summed E-state index contributed by atoms with van der Waals surface area (Å²) in [4.78, 5) is 24.8. The first-order valence-electron chi connectivity index (χ1n) is 10.0. The van der Waals surface area contributed by atoms with Crippen LogP contribution in [-0.4, -0.2) is 26.4 Å². The van der Waals surface area contributed by atoms with Crippen molar-refractivity contribution < 1.29 is 27.1 Å².